The first kappa shape index (κ1) is 16.1. The highest BCUT2D eigenvalue weighted by molar-refractivity contribution is 7.19. The van der Waals surface area contributed by atoms with Gasteiger partial charge >= 0.3 is 0 Å². The zero-order valence-electron chi connectivity index (χ0n) is 12.0. The fraction of sp³-hybridized carbons (Fsp3) is 0. The van der Waals surface area contributed by atoms with Crippen LogP contribution >= 0.6 is 22.9 Å². The van der Waals surface area contributed by atoms with Gasteiger partial charge in [-0.15, -0.1) is 11.3 Å². The van der Waals surface area contributed by atoms with Crippen LogP contribution in [-0.2, 0) is 0 Å². The highest BCUT2D eigenvalue weighted by Gasteiger charge is 2.19. The summed E-state index contributed by atoms with van der Waals surface area (Å²) in [6, 6.07) is 12.4. The number of hydrogen-bond donors (Lipinski definition) is 1. The molecule has 0 spiro atoms. The molecular weight excluding hydrogens is 351 g/mol. The van der Waals surface area contributed by atoms with Crippen molar-refractivity contribution < 1.29 is 9.50 Å². The van der Waals surface area contributed by atoms with Crippen LogP contribution in [0.4, 0.5) is 4.39 Å². The van der Waals surface area contributed by atoms with Crippen LogP contribution in [0.2, 0.25) is 5.02 Å². The molecule has 0 unspecified atom stereocenters. The van der Waals surface area contributed by atoms with Crippen molar-refractivity contribution in [3.8, 4) is 6.07 Å². The topological polar surface area (TPSA) is 74.0 Å². The number of fused-ring (bicyclic) bond motifs is 1. The molecule has 0 amide bonds. The second kappa shape index (κ2) is 6.40. The van der Waals surface area contributed by atoms with E-state index >= 15 is 0 Å². The predicted molar refractivity (Wildman–Crippen MR) is 92.4 cm³/mol. The number of rotatable bonds is 2. The lowest BCUT2D eigenvalue weighted by Crippen LogP contribution is -2.08. The van der Waals surface area contributed by atoms with Crippen molar-refractivity contribution in [1.29, 1.82) is 5.26 Å². The Labute approximate surface area is 144 Å². The van der Waals surface area contributed by atoms with Gasteiger partial charge in [-0.2, -0.15) is 10.2 Å². The van der Waals surface area contributed by atoms with Crippen molar-refractivity contribution in [2.75, 3.05) is 0 Å². The molecular formula is C17H8ClFN2O2S. The third-order valence-corrected chi connectivity index (χ3v) is 4.67. The third kappa shape index (κ3) is 2.75. The zero-order chi connectivity index (χ0) is 17.3. The Bertz CT molecular complexity index is 1070. The summed E-state index contributed by atoms with van der Waals surface area (Å²) in [5.74, 6) is -1.43. The average molecular weight is 359 g/mol. The van der Waals surface area contributed by atoms with Gasteiger partial charge in [0.1, 0.15) is 28.2 Å². The number of halogens is 2. The minimum atomic E-state index is -0.777. The number of aliphatic hydroxyl groups excluding tert-OH is 1. The summed E-state index contributed by atoms with van der Waals surface area (Å²) >= 11 is 6.97. The minimum absolute atomic E-state index is 0.00183. The zero-order valence-corrected chi connectivity index (χ0v) is 13.5. The maximum atomic E-state index is 14.0. The Hall–Kier alpha value is -2.75. The van der Waals surface area contributed by atoms with Crippen molar-refractivity contribution in [2.45, 2.75) is 0 Å². The van der Waals surface area contributed by atoms with Crippen LogP contribution in [0.25, 0.3) is 21.4 Å². The van der Waals surface area contributed by atoms with Crippen molar-refractivity contribution in [3.05, 3.63) is 74.2 Å². The van der Waals surface area contributed by atoms with E-state index in [2.05, 4.69) is 4.98 Å². The Kier molecular flexibility index (Phi) is 4.30. The maximum Gasteiger partial charge on any atom is 0.279 e. The molecule has 0 bridgehead atoms. The van der Waals surface area contributed by atoms with Crippen LogP contribution < -0.4 is 5.56 Å². The van der Waals surface area contributed by atoms with E-state index in [0.717, 1.165) is 17.4 Å². The van der Waals surface area contributed by atoms with Gasteiger partial charge in [0.25, 0.3) is 5.56 Å². The summed E-state index contributed by atoms with van der Waals surface area (Å²) in [5.41, 5.74) is -1.14. The van der Waals surface area contributed by atoms with Gasteiger partial charge in [0.15, 0.2) is 0 Å². The monoisotopic (exact) mass is 358 g/mol. The molecule has 3 aromatic rings. The number of hydrogen-bond acceptors (Lipinski definition) is 5. The van der Waals surface area contributed by atoms with Gasteiger partial charge in [-0.05, 0) is 24.3 Å². The van der Waals surface area contributed by atoms with Crippen LogP contribution in [0.3, 0.4) is 0 Å². The highest BCUT2D eigenvalue weighted by atomic mass is 35.5. The SMILES string of the molecule is N#C/C(=C(/O)c1c(F)cccc1Cl)c1nc(=O)c2ccccc2s1. The fourth-order valence-corrected chi connectivity index (χ4v) is 3.42. The first-order valence-corrected chi connectivity index (χ1v) is 7.90. The van der Waals surface area contributed by atoms with Crippen LogP contribution in [0.5, 0.6) is 0 Å². The Balaban J connectivity index is 2.30. The summed E-state index contributed by atoms with van der Waals surface area (Å²) in [6.45, 7) is 0. The largest absolute Gasteiger partial charge is 0.506 e. The van der Waals surface area contributed by atoms with Gasteiger partial charge < -0.3 is 5.11 Å². The van der Waals surface area contributed by atoms with Crippen molar-refractivity contribution in [1.82, 2.24) is 4.98 Å². The molecule has 3 rings (SSSR count). The smallest absolute Gasteiger partial charge is 0.279 e. The van der Waals surface area contributed by atoms with Crippen LogP contribution in [-0.4, -0.2) is 10.1 Å². The number of aromatic nitrogens is 1. The molecule has 0 aliphatic heterocycles. The van der Waals surface area contributed by atoms with Gasteiger partial charge in [-0.25, -0.2) is 4.39 Å². The average Bonchev–Trinajstić information content (AvgIpc) is 2.55. The summed E-state index contributed by atoms with van der Waals surface area (Å²) in [6.07, 6.45) is 0. The van der Waals surface area contributed by atoms with Gasteiger partial charge in [-0.3, -0.25) is 4.79 Å². The summed E-state index contributed by atoms with van der Waals surface area (Å²) < 4.78 is 14.6. The van der Waals surface area contributed by atoms with Gasteiger partial charge in [0, 0.05) is 4.70 Å². The van der Waals surface area contributed by atoms with Gasteiger partial charge in [0.2, 0.25) is 0 Å². The molecule has 1 N–H and O–H groups in total. The second-order valence-corrected chi connectivity index (χ2v) is 6.19. The van der Waals surface area contributed by atoms with Gasteiger partial charge in [0.05, 0.1) is 16.0 Å². The molecule has 0 aliphatic carbocycles. The fourth-order valence-electron chi connectivity index (χ4n) is 2.17. The standard InChI is InChI=1S/C17H8ClFN2O2S/c18-11-5-3-6-12(19)14(11)15(22)10(8-20)17-21-16(23)9-4-1-2-7-13(9)24-17/h1-7,22H/b15-10-. The summed E-state index contributed by atoms with van der Waals surface area (Å²) in [7, 11) is 0. The van der Waals surface area contributed by atoms with E-state index in [-0.39, 0.29) is 21.2 Å². The number of allylic oxidation sites excluding steroid dienone is 1. The molecule has 0 radical (unpaired) electrons. The van der Waals surface area contributed by atoms with Gasteiger partial charge in [-0.1, -0.05) is 29.8 Å². The van der Waals surface area contributed by atoms with Crippen molar-refractivity contribution in [3.63, 3.8) is 0 Å². The first-order chi connectivity index (χ1) is 11.5. The molecule has 118 valence electrons. The molecule has 24 heavy (non-hydrogen) atoms. The number of aliphatic hydroxyl groups is 1. The molecule has 7 heteroatoms. The van der Waals surface area contributed by atoms with Crippen LogP contribution in [0, 0.1) is 17.1 Å². The van der Waals surface area contributed by atoms with Crippen molar-refractivity contribution in [2.24, 2.45) is 0 Å². The third-order valence-electron chi connectivity index (χ3n) is 3.29. The molecule has 0 atom stereocenters. The minimum Gasteiger partial charge on any atom is -0.506 e. The maximum absolute atomic E-state index is 14.0. The highest BCUT2D eigenvalue weighted by Crippen LogP contribution is 2.32. The molecule has 4 nitrogen and oxygen atoms in total. The lowest BCUT2D eigenvalue weighted by molar-refractivity contribution is 0.504. The predicted octanol–water partition coefficient (Wildman–Crippen LogP) is 4.40. The van der Waals surface area contributed by atoms with E-state index in [9.17, 15) is 19.6 Å². The lowest BCUT2D eigenvalue weighted by Gasteiger charge is -2.07. The normalized spacial score (nSPS) is 11.9. The summed E-state index contributed by atoms with van der Waals surface area (Å²) in [5, 5.41) is 20.1. The first-order valence-electron chi connectivity index (χ1n) is 6.71. The molecule has 2 aromatic carbocycles. The molecule has 1 aromatic heterocycles. The Morgan fingerprint density at radius 2 is 2.00 bits per heavy atom. The number of benzene rings is 2. The Morgan fingerprint density at radius 1 is 1.25 bits per heavy atom. The summed E-state index contributed by atoms with van der Waals surface area (Å²) in [4.78, 5) is 15.9. The molecule has 0 aliphatic rings. The number of nitriles is 1. The quantitative estimate of drug-likeness (QED) is 0.544. The van der Waals surface area contributed by atoms with E-state index in [1.165, 1.54) is 12.1 Å². The van der Waals surface area contributed by atoms with E-state index in [1.807, 2.05) is 0 Å². The van der Waals surface area contributed by atoms with Crippen LogP contribution in [0.15, 0.2) is 47.3 Å². The second-order valence-electron chi connectivity index (χ2n) is 4.75. The molecule has 0 saturated carbocycles. The Morgan fingerprint density at radius 3 is 2.71 bits per heavy atom. The van der Waals surface area contributed by atoms with Crippen molar-refractivity contribution >= 4 is 44.4 Å². The lowest BCUT2D eigenvalue weighted by atomic mass is 10.1. The van der Waals surface area contributed by atoms with E-state index in [4.69, 9.17) is 11.6 Å². The van der Waals surface area contributed by atoms with E-state index in [1.54, 1.807) is 30.3 Å². The molecule has 1 heterocycles. The number of nitrogens with zero attached hydrogens (tertiary/aromatic N) is 2. The molecule has 0 saturated heterocycles. The van der Waals surface area contributed by atoms with E-state index in [0.29, 0.717) is 10.1 Å². The van der Waals surface area contributed by atoms with Crippen LogP contribution in [0.1, 0.15) is 10.6 Å². The van der Waals surface area contributed by atoms with E-state index < -0.39 is 17.1 Å². The molecule has 0 fully saturated rings.